The van der Waals surface area contributed by atoms with Gasteiger partial charge >= 0.3 is 0 Å². The highest BCUT2D eigenvalue weighted by molar-refractivity contribution is 5.29. The monoisotopic (exact) mass is 227 g/mol. The summed E-state index contributed by atoms with van der Waals surface area (Å²) in [4.78, 5) is 1.94. The molecule has 1 aromatic carbocycles. The maximum atomic E-state index is 13.4. The summed E-state index contributed by atoms with van der Waals surface area (Å²) in [6, 6.07) is 4.89. The van der Waals surface area contributed by atoms with Crippen molar-refractivity contribution in [2.75, 3.05) is 20.7 Å². The molecule has 1 N–H and O–H groups in total. The summed E-state index contributed by atoms with van der Waals surface area (Å²) in [6.07, 6.45) is -0.381. The fourth-order valence-electron chi connectivity index (χ4n) is 1.64. The number of halogens is 1. The molecule has 3 nitrogen and oxygen atoms in total. The average Bonchev–Trinajstić information content (AvgIpc) is 2.16. The van der Waals surface area contributed by atoms with E-state index in [1.807, 2.05) is 18.0 Å². The van der Waals surface area contributed by atoms with Crippen molar-refractivity contribution in [3.8, 4) is 5.75 Å². The lowest BCUT2D eigenvalue weighted by atomic mass is 10.2. The Kier molecular flexibility index (Phi) is 4.71. The molecule has 0 aromatic heterocycles. The molecule has 1 aromatic rings. The number of likely N-dealkylation sites (N-methyl/N-ethyl adjacent to an activating group) is 1. The lowest BCUT2D eigenvalue weighted by Crippen LogP contribution is -2.26. The van der Waals surface area contributed by atoms with Gasteiger partial charge in [-0.25, -0.2) is 4.39 Å². The van der Waals surface area contributed by atoms with E-state index in [4.69, 9.17) is 4.74 Å². The van der Waals surface area contributed by atoms with Gasteiger partial charge in [-0.1, -0.05) is 6.07 Å². The van der Waals surface area contributed by atoms with Crippen LogP contribution < -0.4 is 4.74 Å². The molecule has 1 atom stereocenters. The number of rotatable bonds is 5. The zero-order chi connectivity index (χ0) is 12.1. The summed E-state index contributed by atoms with van der Waals surface area (Å²) in [6.45, 7) is 2.89. The Bertz CT molecular complexity index is 342. The molecule has 1 unspecified atom stereocenters. The molecule has 1 rings (SSSR count). The van der Waals surface area contributed by atoms with Crippen LogP contribution in [0.5, 0.6) is 5.75 Å². The molecule has 0 aliphatic heterocycles. The summed E-state index contributed by atoms with van der Waals surface area (Å²) in [5.41, 5.74) is 0.862. The van der Waals surface area contributed by atoms with Crippen molar-refractivity contribution in [1.82, 2.24) is 4.90 Å². The third kappa shape index (κ3) is 3.79. The molecule has 4 heteroatoms. The van der Waals surface area contributed by atoms with Crippen LogP contribution in [0.2, 0.25) is 0 Å². The van der Waals surface area contributed by atoms with Crippen LogP contribution in [0.25, 0.3) is 0 Å². The summed E-state index contributed by atoms with van der Waals surface area (Å²) in [7, 11) is 3.33. The van der Waals surface area contributed by atoms with Crippen molar-refractivity contribution < 1.29 is 14.2 Å². The Morgan fingerprint density at radius 2 is 2.19 bits per heavy atom. The molecule has 0 radical (unpaired) electrons. The molecule has 0 amide bonds. The highest BCUT2D eigenvalue weighted by atomic mass is 19.1. The number of hydrogen-bond acceptors (Lipinski definition) is 3. The lowest BCUT2D eigenvalue weighted by molar-refractivity contribution is 0.138. The Morgan fingerprint density at radius 1 is 1.50 bits per heavy atom. The normalized spacial score (nSPS) is 12.9. The second-order valence-corrected chi connectivity index (χ2v) is 4.01. The first-order valence-corrected chi connectivity index (χ1v) is 5.22. The largest absolute Gasteiger partial charge is 0.494 e. The minimum absolute atomic E-state index is 0.252. The van der Waals surface area contributed by atoms with Crippen LogP contribution in [-0.2, 0) is 6.54 Å². The molecule has 0 bridgehead atoms. The van der Waals surface area contributed by atoms with Crippen molar-refractivity contribution in [1.29, 1.82) is 0 Å². The van der Waals surface area contributed by atoms with Gasteiger partial charge in [0.1, 0.15) is 0 Å². The standard InChI is InChI=1S/C12H18FNO2/c1-9(15)7-14(2)8-10-4-5-12(16-3)11(13)6-10/h4-6,9,15H,7-8H2,1-3H3. The van der Waals surface area contributed by atoms with Crippen LogP contribution in [0.3, 0.4) is 0 Å². The van der Waals surface area contributed by atoms with E-state index in [0.29, 0.717) is 13.1 Å². The third-order valence-electron chi connectivity index (χ3n) is 2.24. The van der Waals surface area contributed by atoms with Crippen molar-refractivity contribution in [2.24, 2.45) is 0 Å². The number of methoxy groups -OCH3 is 1. The fraction of sp³-hybridized carbons (Fsp3) is 0.500. The van der Waals surface area contributed by atoms with E-state index >= 15 is 0 Å². The van der Waals surface area contributed by atoms with Gasteiger partial charge in [-0.3, -0.25) is 4.90 Å². The number of ether oxygens (including phenoxy) is 1. The Morgan fingerprint density at radius 3 is 2.69 bits per heavy atom. The molecular formula is C12H18FNO2. The third-order valence-corrected chi connectivity index (χ3v) is 2.24. The van der Waals surface area contributed by atoms with E-state index in [1.54, 1.807) is 13.0 Å². The van der Waals surface area contributed by atoms with Crippen LogP contribution in [0, 0.1) is 5.82 Å². The highest BCUT2D eigenvalue weighted by Gasteiger charge is 2.07. The maximum absolute atomic E-state index is 13.4. The summed E-state index contributed by atoms with van der Waals surface area (Å²) < 4.78 is 18.2. The average molecular weight is 227 g/mol. The van der Waals surface area contributed by atoms with Crippen molar-refractivity contribution in [3.63, 3.8) is 0 Å². The Hall–Kier alpha value is -1.13. The molecule has 0 saturated carbocycles. The number of hydrogen-bond donors (Lipinski definition) is 1. The molecular weight excluding hydrogens is 209 g/mol. The molecule has 0 aliphatic carbocycles. The van der Waals surface area contributed by atoms with Gasteiger partial charge in [0.05, 0.1) is 13.2 Å². The van der Waals surface area contributed by atoms with E-state index in [0.717, 1.165) is 5.56 Å². The number of nitrogens with zero attached hydrogens (tertiary/aromatic N) is 1. The zero-order valence-corrected chi connectivity index (χ0v) is 9.90. The smallest absolute Gasteiger partial charge is 0.165 e. The summed E-state index contributed by atoms with van der Waals surface area (Å²) in [5, 5.41) is 9.20. The van der Waals surface area contributed by atoms with Gasteiger partial charge in [-0.15, -0.1) is 0 Å². The highest BCUT2D eigenvalue weighted by Crippen LogP contribution is 2.18. The van der Waals surface area contributed by atoms with E-state index in [1.165, 1.54) is 13.2 Å². The van der Waals surface area contributed by atoms with E-state index in [2.05, 4.69) is 0 Å². The first-order valence-electron chi connectivity index (χ1n) is 5.22. The van der Waals surface area contributed by atoms with Crippen LogP contribution >= 0.6 is 0 Å². The first-order chi connectivity index (χ1) is 7.52. The van der Waals surface area contributed by atoms with E-state index in [9.17, 15) is 9.50 Å². The van der Waals surface area contributed by atoms with E-state index < -0.39 is 0 Å². The molecule has 16 heavy (non-hydrogen) atoms. The van der Waals surface area contributed by atoms with Crippen LogP contribution in [0.1, 0.15) is 12.5 Å². The summed E-state index contributed by atoms with van der Waals surface area (Å²) >= 11 is 0. The van der Waals surface area contributed by atoms with Crippen LogP contribution in [0.15, 0.2) is 18.2 Å². The van der Waals surface area contributed by atoms with Gasteiger partial charge in [0.15, 0.2) is 11.6 Å². The number of benzene rings is 1. The molecule has 0 heterocycles. The van der Waals surface area contributed by atoms with Crippen LogP contribution in [0.4, 0.5) is 4.39 Å². The fourth-order valence-corrected chi connectivity index (χ4v) is 1.64. The second-order valence-electron chi connectivity index (χ2n) is 4.01. The first kappa shape index (κ1) is 12.9. The van der Waals surface area contributed by atoms with Crippen molar-refractivity contribution in [3.05, 3.63) is 29.6 Å². The second kappa shape index (κ2) is 5.82. The number of aliphatic hydroxyl groups excluding tert-OH is 1. The lowest BCUT2D eigenvalue weighted by Gasteiger charge is -2.18. The predicted octanol–water partition coefficient (Wildman–Crippen LogP) is 1.65. The zero-order valence-electron chi connectivity index (χ0n) is 9.90. The van der Waals surface area contributed by atoms with Crippen molar-refractivity contribution >= 4 is 0 Å². The molecule has 90 valence electrons. The SMILES string of the molecule is COc1ccc(CN(C)CC(C)O)cc1F. The maximum Gasteiger partial charge on any atom is 0.165 e. The molecule has 0 fully saturated rings. The van der Waals surface area contributed by atoms with Gasteiger partial charge in [-0.2, -0.15) is 0 Å². The quantitative estimate of drug-likeness (QED) is 0.830. The summed E-state index contributed by atoms with van der Waals surface area (Å²) in [5.74, 6) is -0.104. The molecule has 0 aliphatic rings. The molecule has 0 spiro atoms. The van der Waals surface area contributed by atoms with Gasteiger partial charge in [0.2, 0.25) is 0 Å². The van der Waals surface area contributed by atoms with Crippen molar-refractivity contribution in [2.45, 2.75) is 19.6 Å². The van der Waals surface area contributed by atoms with Gasteiger partial charge in [0, 0.05) is 13.1 Å². The number of aliphatic hydroxyl groups is 1. The Labute approximate surface area is 95.5 Å². The predicted molar refractivity (Wildman–Crippen MR) is 61.0 cm³/mol. The van der Waals surface area contributed by atoms with Gasteiger partial charge in [-0.05, 0) is 31.7 Å². The minimum Gasteiger partial charge on any atom is -0.494 e. The molecule has 0 saturated heterocycles. The topological polar surface area (TPSA) is 32.7 Å². The van der Waals surface area contributed by atoms with Gasteiger partial charge in [0.25, 0.3) is 0 Å². The van der Waals surface area contributed by atoms with E-state index in [-0.39, 0.29) is 17.7 Å². The minimum atomic E-state index is -0.381. The van der Waals surface area contributed by atoms with Crippen LogP contribution in [-0.4, -0.2) is 36.8 Å². The Balaban J connectivity index is 2.64. The van der Waals surface area contributed by atoms with Gasteiger partial charge < -0.3 is 9.84 Å².